The van der Waals surface area contributed by atoms with Crippen LogP contribution in [0.15, 0.2) is 0 Å². The minimum Gasteiger partial charge on any atom is -0.311 e. The molecule has 0 aromatic heterocycles. The van der Waals surface area contributed by atoms with Crippen molar-refractivity contribution in [2.45, 2.75) is 38.3 Å². The van der Waals surface area contributed by atoms with Gasteiger partial charge in [-0.2, -0.15) is 0 Å². The molecule has 2 atom stereocenters. The van der Waals surface area contributed by atoms with Crippen LogP contribution in [0.3, 0.4) is 0 Å². The summed E-state index contributed by atoms with van der Waals surface area (Å²) in [4.78, 5) is 0. The fourth-order valence-electron chi connectivity index (χ4n) is 1.38. The molecule has 1 fully saturated rings. The molecule has 1 aliphatic rings. The Bertz CT molecular complexity index is 145. The maximum Gasteiger partial charge on any atom is 0.0383 e. The topological polar surface area (TPSA) is 29.1 Å². The summed E-state index contributed by atoms with van der Waals surface area (Å²) < 4.78 is 10.8. The average molecular weight is 175 g/mol. The Kier molecular flexibility index (Phi) is 3.52. The van der Waals surface area contributed by atoms with Crippen molar-refractivity contribution in [2.24, 2.45) is 0 Å². The van der Waals surface area contributed by atoms with Gasteiger partial charge >= 0.3 is 0 Å². The summed E-state index contributed by atoms with van der Waals surface area (Å²) in [5.41, 5.74) is 0. The first-order chi connectivity index (χ1) is 5.18. The van der Waals surface area contributed by atoms with Crippen molar-refractivity contribution in [1.82, 2.24) is 5.32 Å². The first-order valence-electron chi connectivity index (χ1n) is 4.24. The Morgan fingerprint density at radius 2 is 2.27 bits per heavy atom. The summed E-state index contributed by atoms with van der Waals surface area (Å²) in [5.74, 6) is 0.788. The number of hydrogen-bond donors (Lipinski definition) is 1. The van der Waals surface area contributed by atoms with Crippen LogP contribution in [0.2, 0.25) is 0 Å². The molecule has 0 heterocycles. The molecule has 1 aliphatic carbocycles. The SMILES string of the molecule is CC(CS(C)=O)NC1CCC1. The highest BCUT2D eigenvalue weighted by molar-refractivity contribution is 7.84. The van der Waals surface area contributed by atoms with Crippen molar-refractivity contribution < 1.29 is 4.21 Å². The van der Waals surface area contributed by atoms with E-state index in [1.807, 2.05) is 0 Å². The van der Waals surface area contributed by atoms with E-state index in [1.165, 1.54) is 19.3 Å². The van der Waals surface area contributed by atoms with Gasteiger partial charge in [-0.15, -0.1) is 0 Å². The van der Waals surface area contributed by atoms with Crippen LogP contribution in [0.5, 0.6) is 0 Å². The van der Waals surface area contributed by atoms with Crippen LogP contribution in [0.1, 0.15) is 26.2 Å². The van der Waals surface area contributed by atoms with Gasteiger partial charge in [0, 0.05) is 34.9 Å². The predicted molar refractivity (Wildman–Crippen MR) is 49.2 cm³/mol. The summed E-state index contributed by atoms with van der Waals surface area (Å²) in [7, 11) is -0.652. The second-order valence-electron chi connectivity index (χ2n) is 3.44. The van der Waals surface area contributed by atoms with Crippen molar-refractivity contribution in [1.29, 1.82) is 0 Å². The van der Waals surface area contributed by atoms with Crippen molar-refractivity contribution in [3.8, 4) is 0 Å². The third-order valence-electron chi connectivity index (χ3n) is 2.11. The minimum atomic E-state index is -0.652. The second kappa shape index (κ2) is 4.21. The van der Waals surface area contributed by atoms with E-state index >= 15 is 0 Å². The standard InChI is InChI=1S/C8H17NOS/c1-7(6-11(2)10)9-8-4-3-5-8/h7-9H,3-6H2,1-2H3. The van der Waals surface area contributed by atoms with Crippen LogP contribution in [0.4, 0.5) is 0 Å². The number of hydrogen-bond acceptors (Lipinski definition) is 2. The molecule has 2 nitrogen and oxygen atoms in total. The number of nitrogens with one attached hydrogen (secondary N) is 1. The fourth-order valence-corrected chi connectivity index (χ4v) is 2.18. The summed E-state index contributed by atoms with van der Waals surface area (Å²) in [5, 5.41) is 3.45. The monoisotopic (exact) mass is 175 g/mol. The van der Waals surface area contributed by atoms with Gasteiger partial charge in [0.15, 0.2) is 0 Å². The van der Waals surface area contributed by atoms with Crippen molar-refractivity contribution >= 4 is 10.8 Å². The van der Waals surface area contributed by atoms with Crippen LogP contribution in [-0.2, 0) is 10.8 Å². The highest BCUT2D eigenvalue weighted by Gasteiger charge is 2.18. The maximum absolute atomic E-state index is 10.8. The lowest BCUT2D eigenvalue weighted by atomic mass is 9.93. The Morgan fingerprint density at radius 3 is 2.64 bits per heavy atom. The van der Waals surface area contributed by atoms with E-state index in [-0.39, 0.29) is 0 Å². The average Bonchev–Trinajstić information content (AvgIpc) is 1.77. The lowest BCUT2D eigenvalue weighted by Gasteiger charge is -2.29. The zero-order chi connectivity index (χ0) is 8.27. The van der Waals surface area contributed by atoms with E-state index in [9.17, 15) is 4.21 Å². The molecule has 0 spiro atoms. The van der Waals surface area contributed by atoms with E-state index in [1.54, 1.807) is 6.26 Å². The van der Waals surface area contributed by atoms with Crippen molar-refractivity contribution in [2.75, 3.05) is 12.0 Å². The summed E-state index contributed by atoms with van der Waals surface area (Å²) >= 11 is 0. The van der Waals surface area contributed by atoms with E-state index in [2.05, 4.69) is 12.2 Å². The van der Waals surface area contributed by atoms with E-state index in [0.717, 1.165) is 5.75 Å². The zero-order valence-electron chi connectivity index (χ0n) is 7.30. The largest absolute Gasteiger partial charge is 0.311 e. The van der Waals surface area contributed by atoms with Gasteiger partial charge in [-0.05, 0) is 19.8 Å². The third-order valence-corrected chi connectivity index (χ3v) is 3.08. The summed E-state index contributed by atoms with van der Waals surface area (Å²) in [6.07, 6.45) is 5.74. The van der Waals surface area contributed by atoms with Gasteiger partial charge in [0.2, 0.25) is 0 Å². The molecule has 11 heavy (non-hydrogen) atoms. The van der Waals surface area contributed by atoms with Crippen LogP contribution >= 0.6 is 0 Å². The molecule has 0 aliphatic heterocycles. The van der Waals surface area contributed by atoms with E-state index in [4.69, 9.17) is 0 Å². The highest BCUT2D eigenvalue weighted by Crippen LogP contribution is 2.18. The van der Waals surface area contributed by atoms with Crippen LogP contribution in [0.25, 0.3) is 0 Å². The molecule has 2 unspecified atom stereocenters. The number of rotatable bonds is 4. The molecule has 0 aromatic carbocycles. The van der Waals surface area contributed by atoms with Gasteiger partial charge < -0.3 is 5.32 Å². The molecule has 3 heteroatoms. The van der Waals surface area contributed by atoms with Crippen LogP contribution in [-0.4, -0.2) is 28.3 Å². The molecule has 1 rings (SSSR count). The third kappa shape index (κ3) is 3.34. The Hall–Kier alpha value is 0.110. The quantitative estimate of drug-likeness (QED) is 0.687. The molecule has 66 valence electrons. The molecule has 0 bridgehead atoms. The minimum absolute atomic E-state index is 0.422. The maximum atomic E-state index is 10.8. The highest BCUT2D eigenvalue weighted by atomic mass is 32.2. The van der Waals surface area contributed by atoms with Crippen molar-refractivity contribution in [3.63, 3.8) is 0 Å². The van der Waals surface area contributed by atoms with Crippen molar-refractivity contribution in [3.05, 3.63) is 0 Å². The Morgan fingerprint density at radius 1 is 1.64 bits per heavy atom. The molecule has 1 N–H and O–H groups in total. The molecule has 0 aromatic rings. The second-order valence-corrected chi connectivity index (χ2v) is 4.92. The Balaban J connectivity index is 2.09. The lowest BCUT2D eigenvalue weighted by Crippen LogP contribution is -2.43. The van der Waals surface area contributed by atoms with Crippen LogP contribution in [0, 0.1) is 0 Å². The van der Waals surface area contributed by atoms with Gasteiger partial charge in [-0.25, -0.2) is 0 Å². The first-order valence-corrected chi connectivity index (χ1v) is 5.97. The van der Waals surface area contributed by atoms with Gasteiger partial charge in [0.25, 0.3) is 0 Å². The molecular weight excluding hydrogens is 158 g/mol. The van der Waals surface area contributed by atoms with Gasteiger partial charge in [0.1, 0.15) is 0 Å². The van der Waals surface area contributed by atoms with E-state index in [0.29, 0.717) is 12.1 Å². The summed E-state index contributed by atoms with van der Waals surface area (Å²) in [6.45, 7) is 2.11. The normalized spacial score (nSPS) is 24.2. The van der Waals surface area contributed by atoms with Gasteiger partial charge in [-0.1, -0.05) is 6.42 Å². The molecular formula is C8H17NOS. The summed E-state index contributed by atoms with van der Waals surface area (Å²) in [6, 6.07) is 1.14. The van der Waals surface area contributed by atoms with Crippen LogP contribution < -0.4 is 5.32 Å². The molecule has 0 radical (unpaired) electrons. The van der Waals surface area contributed by atoms with Gasteiger partial charge in [0.05, 0.1) is 0 Å². The smallest absolute Gasteiger partial charge is 0.0383 e. The zero-order valence-corrected chi connectivity index (χ0v) is 8.12. The lowest BCUT2D eigenvalue weighted by molar-refractivity contribution is 0.319. The molecule has 1 saturated carbocycles. The van der Waals surface area contributed by atoms with Gasteiger partial charge in [-0.3, -0.25) is 4.21 Å². The first kappa shape index (κ1) is 9.20. The Labute approximate surface area is 71.2 Å². The van der Waals surface area contributed by atoms with E-state index < -0.39 is 10.8 Å². The molecule has 0 saturated heterocycles. The molecule has 0 amide bonds. The predicted octanol–water partition coefficient (Wildman–Crippen LogP) is 0.895. The fraction of sp³-hybridized carbons (Fsp3) is 1.00.